The third kappa shape index (κ3) is 3.29. The number of piperidine rings is 1. The first-order valence-electron chi connectivity index (χ1n) is 9.25. The van der Waals surface area contributed by atoms with Gasteiger partial charge in [0.05, 0.1) is 22.2 Å². The number of pyridine rings is 1. The molecule has 28 heavy (non-hydrogen) atoms. The predicted octanol–water partition coefficient (Wildman–Crippen LogP) is 2.26. The Bertz CT molecular complexity index is 1100. The minimum absolute atomic E-state index is 0.170. The normalized spacial score (nSPS) is 16.3. The zero-order valence-corrected chi connectivity index (χ0v) is 16.4. The fraction of sp³-hybridized carbons (Fsp3) is 0.300. The minimum atomic E-state index is -3.45. The lowest BCUT2D eigenvalue weighted by atomic mass is 9.90. The summed E-state index contributed by atoms with van der Waals surface area (Å²) in [4.78, 5) is 12.4. The van der Waals surface area contributed by atoms with Crippen molar-refractivity contribution >= 4 is 21.4 Å². The number of amides is 1. The van der Waals surface area contributed by atoms with Crippen LogP contribution in [0.3, 0.4) is 0 Å². The molecule has 0 radical (unpaired) electrons. The summed E-state index contributed by atoms with van der Waals surface area (Å²) in [5.74, 6) is 0.0792. The van der Waals surface area contributed by atoms with E-state index >= 15 is 0 Å². The van der Waals surface area contributed by atoms with E-state index in [4.69, 9.17) is 0 Å². The number of nitrogens with zero attached hydrogens (tertiary/aromatic N) is 3. The monoisotopic (exact) mass is 398 g/mol. The van der Waals surface area contributed by atoms with E-state index in [1.165, 1.54) is 0 Å². The molecule has 3 heterocycles. The highest BCUT2D eigenvalue weighted by atomic mass is 32.2. The Hall–Kier alpha value is -2.71. The maximum Gasteiger partial charge on any atom is 0.254 e. The summed E-state index contributed by atoms with van der Waals surface area (Å²) in [7, 11) is -1.85. The van der Waals surface area contributed by atoms with Crippen LogP contribution in [0.15, 0.2) is 59.8 Å². The number of rotatable bonds is 4. The Morgan fingerprint density at radius 1 is 1.14 bits per heavy atom. The van der Waals surface area contributed by atoms with E-state index in [1.54, 1.807) is 46.3 Å². The zero-order chi connectivity index (χ0) is 19.7. The van der Waals surface area contributed by atoms with Crippen molar-refractivity contribution in [2.75, 3.05) is 20.1 Å². The highest BCUT2D eigenvalue weighted by molar-refractivity contribution is 7.89. The SMILES string of the molecule is CNC(=O)c1cnn2ccc(C3CCN(S(=O)(=O)c4ccccc4)CC3)cc12. The van der Waals surface area contributed by atoms with Gasteiger partial charge in [0.2, 0.25) is 10.0 Å². The summed E-state index contributed by atoms with van der Waals surface area (Å²) in [6.07, 6.45) is 4.90. The van der Waals surface area contributed by atoms with Crippen molar-refractivity contribution in [3.63, 3.8) is 0 Å². The summed E-state index contributed by atoms with van der Waals surface area (Å²) in [6.45, 7) is 0.962. The number of hydrogen-bond donors (Lipinski definition) is 1. The van der Waals surface area contributed by atoms with E-state index in [0.29, 0.717) is 23.5 Å². The van der Waals surface area contributed by atoms with Gasteiger partial charge in [-0.3, -0.25) is 4.79 Å². The summed E-state index contributed by atoms with van der Waals surface area (Å²) in [5, 5.41) is 6.85. The zero-order valence-electron chi connectivity index (χ0n) is 15.6. The highest BCUT2D eigenvalue weighted by Gasteiger charge is 2.30. The number of benzene rings is 1. The topological polar surface area (TPSA) is 83.8 Å². The molecule has 146 valence electrons. The maximum absolute atomic E-state index is 12.8. The molecule has 7 nitrogen and oxygen atoms in total. The lowest BCUT2D eigenvalue weighted by Gasteiger charge is -2.31. The van der Waals surface area contributed by atoms with Crippen molar-refractivity contribution in [2.24, 2.45) is 0 Å². The Morgan fingerprint density at radius 3 is 2.54 bits per heavy atom. The quantitative estimate of drug-likeness (QED) is 0.731. The van der Waals surface area contributed by atoms with Crippen LogP contribution < -0.4 is 5.32 Å². The summed E-state index contributed by atoms with van der Waals surface area (Å²) < 4.78 is 28.8. The van der Waals surface area contributed by atoms with Crippen molar-refractivity contribution in [2.45, 2.75) is 23.7 Å². The van der Waals surface area contributed by atoms with Gasteiger partial charge in [-0.2, -0.15) is 9.40 Å². The van der Waals surface area contributed by atoms with Gasteiger partial charge in [0, 0.05) is 26.3 Å². The minimum Gasteiger partial charge on any atom is -0.355 e. The smallest absolute Gasteiger partial charge is 0.254 e. The maximum atomic E-state index is 12.8. The van der Waals surface area contributed by atoms with Crippen LogP contribution in [-0.4, -0.2) is 48.4 Å². The predicted molar refractivity (Wildman–Crippen MR) is 106 cm³/mol. The number of carbonyl (C=O) groups excluding carboxylic acids is 1. The first-order chi connectivity index (χ1) is 13.5. The van der Waals surface area contributed by atoms with E-state index in [0.717, 1.165) is 23.9 Å². The molecular weight excluding hydrogens is 376 g/mol. The van der Waals surface area contributed by atoms with Crippen LogP contribution in [0.4, 0.5) is 0 Å². The molecule has 1 aromatic carbocycles. The average Bonchev–Trinajstić information content (AvgIpc) is 3.17. The second-order valence-electron chi connectivity index (χ2n) is 6.92. The van der Waals surface area contributed by atoms with Gasteiger partial charge in [-0.25, -0.2) is 12.9 Å². The summed E-state index contributed by atoms with van der Waals surface area (Å²) in [5.41, 5.74) is 2.40. The number of nitrogens with one attached hydrogen (secondary N) is 1. The van der Waals surface area contributed by atoms with Gasteiger partial charge >= 0.3 is 0 Å². The van der Waals surface area contributed by atoms with Gasteiger partial charge in [-0.15, -0.1) is 0 Å². The first-order valence-corrected chi connectivity index (χ1v) is 10.7. The average molecular weight is 398 g/mol. The Balaban J connectivity index is 1.53. The lowest BCUT2D eigenvalue weighted by molar-refractivity contribution is 0.0964. The first kappa shape index (κ1) is 18.6. The number of hydrogen-bond acceptors (Lipinski definition) is 4. The molecule has 1 N–H and O–H groups in total. The Labute approximate surface area is 164 Å². The molecule has 1 aliphatic heterocycles. The largest absolute Gasteiger partial charge is 0.355 e. The second kappa shape index (κ2) is 7.37. The van der Waals surface area contributed by atoms with Gasteiger partial charge < -0.3 is 5.32 Å². The van der Waals surface area contributed by atoms with Crippen LogP contribution in [0.1, 0.15) is 34.7 Å². The third-order valence-electron chi connectivity index (χ3n) is 5.32. The van der Waals surface area contributed by atoms with E-state index in [2.05, 4.69) is 10.4 Å². The van der Waals surface area contributed by atoms with E-state index in [1.807, 2.05) is 24.4 Å². The molecule has 8 heteroatoms. The molecule has 1 fully saturated rings. The highest BCUT2D eigenvalue weighted by Crippen LogP contribution is 2.31. The molecule has 0 aliphatic carbocycles. The molecule has 0 spiro atoms. The van der Waals surface area contributed by atoms with Crippen molar-refractivity contribution in [3.05, 3.63) is 66.0 Å². The Kier molecular flexibility index (Phi) is 4.91. The molecule has 2 aromatic heterocycles. The number of carbonyl (C=O) groups is 1. The van der Waals surface area contributed by atoms with E-state index in [-0.39, 0.29) is 11.8 Å². The molecule has 0 bridgehead atoms. The van der Waals surface area contributed by atoms with E-state index < -0.39 is 10.0 Å². The van der Waals surface area contributed by atoms with E-state index in [9.17, 15) is 13.2 Å². The van der Waals surface area contributed by atoms with Gasteiger partial charge in [-0.1, -0.05) is 18.2 Å². The van der Waals surface area contributed by atoms with Crippen LogP contribution in [0, 0.1) is 0 Å². The van der Waals surface area contributed by atoms with Gasteiger partial charge in [0.15, 0.2) is 0 Å². The molecule has 1 aliphatic rings. The standard InChI is InChI=1S/C20H22N4O3S/c1-21-20(25)18-14-22-24-12-9-16(13-19(18)24)15-7-10-23(11-8-15)28(26,27)17-5-3-2-4-6-17/h2-6,9,12-15H,7-8,10-11H2,1H3,(H,21,25). The number of fused-ring (bicyclic) bond motifs is 1. The fourth-order valence-corrected chi connectivity index (χ4v) is 5.22. The molecular formula is C20H22N4O3S. The fourth-order valence-electron chi connectivity index (χ4n) is 3.73. The number of sulfonamides is 1. The molecule has 4 rings (SSSR count). The van der Waals surface area contributed by atoms with Crippen LogP contribution in [0.5, 0.6) is 0 Å². The number of aromatic nitrogens is 2. The van der Waals surface area contributed by atoms with Crippen molar-refractivity contribution < 1.29 is 13.2 Å². The van der Waals surface area contributed by atoms with Crippen LogP contribution in [0.2, 0.25) is 0 Å². The molecule has 1 saturated heterocycles. The third-order valence-corrected chi connectivity index (χ3v) is 7.24. The molecule has 0 atom stereocenters. The van der Waals surface area contributed by atoms with Crippen LogP contribution >= 0.6 is 0 Å². The molecule has 1 amide bonds. The summed E-state index contributed by atoms with van der Waals surface area (Å²) in [6, 6.07) is 12.5. The Morgan fingerprint density at radius 2 is 1.86 bits per heavy atom. The van der Waals surface area contributed by atoms with Crippen molar-refractivity contribution in [1.82, 2.24) is 19.2 Å². The second-order valence-corrected chi connectivity index (χ2v) is 8.86. The van der Waals surface area contributed by atoms with Crippen molar-refractivity contribution in [1.29, 1.82) is 0 Å². The van der Waals surface area contributed by atoms with Crippen LogP contribution in [-0.2, 0) is 10.0 Å². The molecule has 3 aromatic rings. The van der Waals surface area contributed by atoms with Gasteiger partial charge in [0.25, 0.3) is 5.91 Å². The van der Waals surface area contributed by atoms with Crippen LogP contribution in [0.25, 0.3) is 5.52 Å². The summed E-state index contributed by atoms with van der Waals surface area (Å²) >= 11 is 0. The van der Waals surface area contributed by atoms with Gasteiger partial charge in [-0.05, 0) is 48.6 Å². The molecule has 0 saturated carbocycles. The lowest BCUT2D eigenvalue weighted by Crippen LogP contribution is -2.37. The van der Waals surface area contributed by atoms with Crippen molar-refractivity contribution in [3.8, 4) is 0 Å². The van der Waals surface area contributed by atoms with Gasteiger partial charge in [0.1, 0.15) is 0 Å². The molecule has 0 unspecified atom stereocenters.